The Bertz CT molecular complexity index is 1020. The summed E-state index contributed by atoms with van der Waals surface area (Å²) in [5.41, 5.74) is 1.45. The molecule has 0 unspecified atom stereocenters. The maximum atomic E-state index is 13.5. The van der Waals surface area contributed by atoms with E-state index in [-0.39, 0.29) is 5.91 Å². The van der Waals surface area contributed by atoms with Crippen molar-refractivity contribution in [3.63, 3.8) is 0 Å². The van der Waals surface area contributed by atoms with Gasteiger partial charge < -0.3 is 14.4 Å². The molecule has 3 rings (SSSR count). The number of aromatic nitrogens is 1. The Morgan fingerprint density at radius 3 is 2.62 bits per heavy atom. The number of hydrogen-bond donors (Lipinski definition) is 0. The molecular weight excluding hydrogens is 422 g/mol. The van der Waals surface area contributed by atoms with Crippen LogP contribution in [0.5, 0.6) is 11.5 Å². The Hall–Kier alpha value is -2.64. The highest BCUT2D eigenvalue weighted by Crippen LogP contribution is 2.32. The van der Waals surface area contributed by atoms with Crippen molar-refractivity contribution in [1.29, 1.82) is 0 Å². The van der Waals surface area contributed by atoms with E-state index in [1.165, 1.54) is 11.3 Å². The smallest absolute Gasteiger partial charge is 0.260 e. The number of rotatable bonds is 12. The third-order valence-corrected chi connectivity index (χ3v) is 6.20. The number of hydrogen-bond acceptors (Lipinski definition) is 6. The number of carbonyl (C=O) groups is 1. The molecule has 32 heavy (non-hydrogen) atoms. The molecule has 1 heterocycles. The van der Waals surface area contributed by atoms with Crippen LogP contribution in [0.15, 0.2) is 42.5 Å². The maximum Gasteiger partial charge on any atom is 0.260 e. The summed E-state index contributed by atoms with van der Waals surface area (Å²) in [6.07, 6.45) is 4.16. The molecule has 0 aliphatic rings. The lowest BCUT2D eigenvalue weighted by Crippen LogP contribution is -2.33. The molecule has 1 aromatic heterocycles. The summed E-state index contributed by atoms with van der Waals surface area (Å²) in [5, 5.41) is 0.700. The van der Waals surface area contributed by atoms with Crippen LogP contribution in [-0.4, -0.2) is 56.7 Å². The van der Waals surface area contributed by atoms with E-state index < -0.39 is 0 Å². The third-order valence-electron chi connectivity index (χ3n) is 5.14. The minimum absolute atomic E-state index is 0.0613. The summed E-state index contributed by atoms with van der Waals surface area (Å²) in [7, 11) is 5.72. The number of methoxy groups -OCH3 is 1. The van der Waals surface area contributed by atoms with Gasteiger partial charge >= 0.3 is 0 Å². The Labute approximate surface area is 194 Å². The van der Waals surface area contributed by atoms with Gasteiger partial charge in [0, 0.05) is 18.2 Å². The standard InChI is InChI=1S/C25H33N3O3S/c1-5-6-7-16-31-21-11-8-10-19(17-21)24(29)28(15-9-14-27(2)3)25-26-22-18-20(30-4)12-13-23(22)32-25/h8,10-13,17-18H,5-7,9,14-16H2,1-4H3. The molecule has 0 radical (unpaired) electrons. The number of thiazole rings is 1. The van der Waals surface area contributed by atoms with E-state index in [9.17, 15) is 4.79 Å². The topological polar surface area (TPSA) is 54.9 Å². The van der Waals surface area contributed by atoms with Crippen molar-refractivity contribution in [1.82, 2.24) is 9.88 Å². The van der Waals surface area contributed by atoms with E-state index in [2.05, 4.69) is 11.8 Å². The fourth-order valence-electron chi connectivity index (χ4n) is 3.38. The first-order valence-electron chi connectivity index (χ1n) is 11.2. The van der Waals surface area contributed by atoms with Gasteiger partial charge in [0.15, 0.2) is 5.13 Å². The number of nitrogens with zero attached hydrogens (tertiary/aromatic N) is 3. The molecule has 0 spiro atoms. The largest absolute Gasteiger partial charge is 0.497 e. The van der Waals surface area contributed by atoms with Gasteiger partial charge in [0.05, 0.1) is 23.9 Å². The second-order valence-corrected chi connectivity index (χ2v) is 9.04. The van der Waals surface area contributed by atoms with E-state index >= 15 is 0 Å². The molecule has 0 aliphatic heterocycles. The fraction of sp³-hybridized carbons (Fsp3) is 0.440. The van der Waals surface area contributed by atoms with Gasteiger partial charge in [-0.3, -0.25) is 9.69 Å². The van der Waals surface area contributed by atoms with Crippen molar-refractivity contribution in [2.75, 3.05) is 45.8 Å². The predicted octanol–water partition coefficient (Wildman–Crippen LogP) is 5.47. The zero-order valence-electron chi connectivity index (χ0n) is 19.5. The van der Waals surface area contributed by atoms with Crippen LogP contribution in [0.2, 0.25) is 0 Å². The number of amides is 1. The van der Waals surface area contributed by atoms with E-state index in [0.717, 1.165) is 53.9 Å². The van der Waals surface area contributed by atoms with E-state index in [1.54, 1.807) is 12.0 Å². The van der Waals surface area contributed by atoms with Gasteiger partial charge in [-0.2, -0.15) is 0 Å². The van der Waals surface area contributed by atoms with Gasteiger partial charge in [-0.05, 0) is 63.8 Å². The summed E-state index contributed by atoms with van der Waals surface area (Å²) in [6, 6.07) is 13.3. The number of benzene rings is 2. The van der Waals surface area contributed by atoms with Crippen molar-refractivity contribution in [3.8, 4) is 11.5 Å². The van der Waals surface area contributed by atoms with Crippen molar-refractivity contribution >= 4 is 32.6 Å². The van der Waals surface area contributed by atoms with Crippen LogP contribution in [0.3, 0.4) is 0 Å². The molecule has 0 saturated carbocycles. The molecule has 0 bridgehead atoms. The number of carbonyl (C=O) groups excluding carboxylic acids is 1. The number of unbranched alkanes of at least 4 members (excludes halogenated alkanes) is 2. The van der Waals surface area contributed by atoms with Crippen LogP contribution in [-0.2, 0) is 0 Å². The normalized spacial score (nSPS) is 11.2. The third kappa shape index (κ3) is 6.43. The quantitative estimate of drug-likeness (QED) is 0.339. The molecule has 7 heteroatoms. The van der Waals surface area contributed by atoms with Gasteiger partial charge in [0.1, 0.15) is 11.5 Å². The molecule has 172 valence electrons. The van der Waals surface area contributed by atoms with Gasteiger partial charge in [-0.1, -0.05) is 37.2 Å². The lowest BCUT2D eigenvalue weighted by molar-refractivity contribution is 0.0985. The van der Waals surface area contributed by atoms with Crippen LogP contribution in [0.1, 0.15) is 43.0 Å². The minimum atomic E-state index is -0.0613. The summed E-state index contributed by atoms with van der Waals surface area (Å²) < 4.78 is 12.2. The highest BCUT2D eigenvalue weighted by atomic mass is 32.1. The van der Waals surface area contributed by atoms with Crippen molar-refractivity contribution in [2.45, 2.75) is 32.6 Å². The molecular formula is C25H33N3O3S. The van der Waals surface area contributed by atoms with Gasteiger partial charge in [-0.25, -0.2) is 4.98 Å². The van der Waals surface area contributed by atoms with Gasteiger partial charge in [0.25, 0.3) is 5.91 Å². The van der Waals surface area contributed by atoms with E-state index in [4.69, 9.17) is 14.5 Å². The fourth-order valence-corrected chi connectivity index (χ4v) is 4.35. The Balaban J connectivity index is 1.84. The molecule has 0 atom stereocenters. The number of ether oxygens (including phenoxy) is 2. The van der Waals surface area contributed by atoms with Crippen LogP contribution >= 0.6 is 11.3 Å². The van der Waals surface area contributed by atoms with Crippen molar-refractivity contribution in [2.24, 2.45) is 0 Å². The lowest BCUT2D eigenvalue weighted by atomic mass is 10.2. The zero-order valence-corrected chi connectivity index (χ0v) is 20.3. The van der Waals surface area contributed by atoms with Gasteiger partial charge in [0.2, 0.25) is 0 Å². The van der Waals surface area contributed by atoms with Crippen LogP contribution in [0.25, 0.3) is 10.2 Å². The molecule has 0 saturated heterocycles. The first-order valence-corrected chi connectivity index (χ1v) is 12.0. The predicted molar refractivity (Wildman–Crippen MR) is 132 cm³/mol. The SMILES string of the molecule is CCCCCOc1cccc(C(=O)N(CCCN(C)C)c2nc3cc(OC)ccc3s2)c1. The first kappa shape index (κ1) is 24.0. The molecule has 3 aromatic rings. The number of fused-ring (bicyclic) bond motifs is 1. The highest BCUT2D eigenvalue weighted by Gasteiger charge is 2.22. The van der Waals surface area contributed by atoms with Crippen molar-refractivity contribution < 1.29 is 14.3 Å². The molecule has 6 nitrogen and oxygen atoms in total. The highest BCUT2D eigenvalue weighted by molar-refractivity contribution is 7.22. The van der Waals surface area contributed by atoms with Crippen LogP contribution < -0.4 is 14.4 Å². The average Bonchev–Trinajstić information content (AvgIpc) is 3.22. The summed E-state index contributed by atoms with van der Waals surface area (Å²) >= 11 is 1.52. The average molecular weight is 456 g/mol. The summed E-state index contributed by atoms with van der Waals surface area (Å²) in [5.74, 6) is 1.43. The second kappa shape index (κ2) is 11.8. The molecule has 0 aliphatic carbocycles. The van der Waals surface area contributed by atoms with Crippen LogP contribution in [0.4, 0.5) is 5.13 Å². The lowest BCUT2D eigenvalue weighted by Gasteiger charge is -2.21. The first-order chi connectivity index (χ1) is 15.5. The molecule has 0 fully saturated rings. The number of anilines is 1. The maximum absolute atomic E-state index is 13.5. The monoisotopic (exact) mass is 455 g/mol. The summed E-state index contributed by atoms with van der Waals surface area (Å²) in [4.78, 5) is 22.2. The van der Waals surface area contributed by atoms with Crippen LogP contribution in [0, 0.1) is 0 Å². The molecule has 2 aromatic carbocycles. The van der Waals surface area contributed by atoms with Gasteiger partial charge in [-0.15, -0.1) is 0 Å². The zero-order chi connectivity index (χ0) is 22.9. The summed E-state index contributed by atoms with van der Waals surface area (Å²) in [6.45, 7) is 4.32. The Morgan fingerprint density at radius 1 is 1.03 bits per heavy atom. The van der Waals surface area contributed by atoms with Crippen molar-refractivity contribution in [3.05, 3.63) is 48.0 Å². The minimum Gasteiger partial charge on any atom is -0.497 e. The Kier molecular flexibility index (Phi) is 8.88. The second-order valence-electron chi connectivity index (χ2n) is 8.03. The van der Waals surface area contributed by atoms with E-state index in [0.29, 0.717) is 23.8 Å². The molecule has 0 N–H and O–H groups in total. The molecule has 1 amide bonds. The Morgan fingerprint density at radius 2 is 1.88 bits per heavy atom. The van der Waals surface area contributed by atoms with E-state index in [1.807, 2.05) is 56.6 Å².